The Morgan fingerprint density at radius 1 is 1.50 bits per heavy atom. The molecule has 0 saturated carbocycles. The van der Waals surface area contributed by atoms with Gasteiger partial charge in [-0.05, 0) is 46.7 Å². The van der Waals surface area contributed by atoms with E-state index in [1.807, 2.05) is 11.8 Å². The summed E-state index contributed by atoms with van der Waals surface area (Å²) in [5.41, 5.74) is 1.13. The van der Waals surface area contributed by atoms with Crippen LogP contribution in [-0.2, 0) is 0 Å². The van der Waals surface area contributed by atoms with Gasteiger partial charge in [-0.3, -0.25) is 4.99 Å². The quantitative estimate of drug-likeness (QED) is 0.823. The van der Waals surface area contributed by atoms with E-state index >= 15 is 0 Å². The molecule has 0 bridgehead atoms. The highest BCUT2D eigenvalue weighted by Gasteiger charge is 2.22. The van der Waals surface area contributed by atoms with Crippen LogP contribution in [0.5, 0.6) is 0 Å². The summed E-state index contributed by atoms with van der Waals surface area (Å²) in [6, 6.07) is 8.36. The third-order valence-electron chi connectivity index (χ3n) is 2.50. The van der Waals surface area contributed by atoms with E-state index in [-0.39, 0.29) is 0 Å². The standard InChI is InChI=1S/C12H15IN2S/c1-8(2)11-7-14-12(16-11)15-10-5-3-4-9(13)6-10/h3-6,8,11H,7H2,1-2H3,(H,14,15). The lowest BCUT2D eigenvalue weighted by molar-refractivity contribution is 0.621. The smallest absolute Gasteiger partial charge is 0.161 e. The Morgan fingerprint density at radius 2 is 2.31 bits per heavy atom. The molecule has 1 heterocycles. The molecule has 1 atom stereocenters. The van der Waals surface area contributed by atoms with Crippen molar-refractivity contribution in [2.75, 3.05) is 11.9 Å². The van der Waals surface area contributed by atoms with E-state index in [0.717, 1.165) is 17.4 Å². The Bertz CT molecular complexity index is 404. The van der Waals surface area contributed by atoms with Gasteiger partial charge in [-0.25, -0.2) is 0 Å². The number of anilines is 1. The van der Waals surface area contributed by atoms with Crippen molar-refractivity contribution in [3.8, 4) is 0 Å². The van der Waals surface area contributed by atoms with Gasteiger partial charge in [0.2, 0.25) is 0 Å². The Hall–Kier alpha value is -0.230. The fourth-order valence-electron chi connectivity index (χ4n) is 1.50. The normalized spacial score (nSPS) is 20.0. The van der Waals surface area contributed by atoms with E-state index < -0.39 is 0 Å². The summed E-state index contributed by atoms with van der Waals surface area (Å²) in [6.45, 7) is 5.44. The number of nitrogens with zero attached hydrogens (tertiary/aromatic N) is 1. The number of hydrogen-bond donors (Lipinski definition) is 1. The summed E-state index contributed by atoms with van der Waals surface area (Å²) in [6.07, 6.45) is 0. The SMILES string of the molecule is CC(C)C1CN=C(Nc2cccc(I)c2)S1. The van der Waals surface area contributed by atoms with Gasteiger partial charge in [0.05, 0.1) is 6.54 Å². The molecular formula is C12H15IN2S. The van der Waals surface area contributed by atoms with Crippen LogP contribution in [-0.4, -0.2) is 17.0 Å². The molecule has 0 radical (unpaired) electrons. The fourth-order valence-corrected chi connectivity index (χ4v) is 3.07. The van der Waals surface area contributed by atoms with Gasteiger partial charge in [-0.2, -0.15) is 0 Å². The second kappa shape index (κ2) is 5.40. The van der Waals surface area contributed by atoms with Crippen LogP contribution in [0.25, 0.3) is 0 Å². The second-order valence-electron chi connectivity index (χ2n) is 4.18. The van der Waals surface area contributed by atoms with E-state index in [1.54, 1.807) is 0 Å². The van der Waals surface area contributed by atoms with Crippen LogP contribution in [0.1, 0.15) is 13.8 Å². The first-order valence-electron chi connectivity index (χ1n) is 5.39. The second-order valence-corrected chi connectivity index (χ2v) is 6.66. The molecule has 1 aliphatic heterocycles. The van der Waals surface area contributed by atoms with Crippen LogP contribution >= 0.6 is 34.4 Å². The molecule has 16 heavy (non-hydrogen) atoms. The van der Waals surface area contributed by atoms with Crippen molar-refractivity contribution in [1.82, 2.24) is 0 Å². The third-order valence-corrected chi connectivity index (χ3v) is 4.62. The van der Waals surface area contributed by atoms with Gasteiger partial charge in [0, 0.05) is 14.5 Å². The molecule has 1 aromatic carbocycles. The lowest BCUT2D eigenvalue weighted by Gasteiger charge is -2.12. The van der Waals surface area contributed by atoms with Crippen LogP contribution < -0.4 is 5.32 Å². The topological polar surface area (TPSA) is 24.4 Å². The highest BCUT2D eigenvalue weighted by atomic mass is 127. The van der Waals surface area contributed by atoms with E-state index in [9.17, 15) is 0 Å². The van der Waals surface area contributed by atoms with Gasteiger partial charge >= 0.3 is 0 Å². The van der Waals surface area contributed by atoms with Crippen LogP contribution in [0.4, 0.5) is 5.69 Å². The summed E-state index contributed by atoms with van der Waals surface area (Å²) in [7, 11) is 0. The lowest BCUT2D eigenvalue weighted by Crippen LogP contribution is -2.13. The maximum Gasteiger partial charge on any atom is 0.161 e. The molecule has 86 valence electrons. The molecule has 0 aliphatic carbocycles. The molecule has 1 N–H and O–H groups in total. The van der Waals surface area contributed by atoms with Crippen LogP contribution in [0.3, 0.4) is 0 Å². The number of hydrogen-bond acceptors (Lipinski definition) is 3. The Balaban J connectivity index is 1.97. The first-order valence-corrected chi connectivity index (χ1v) is 7.34. The average Bonchev–Trinajstić information content (AvgIpc) is 2.66. The maximum atomic E-state index is 4.53. The summed E-state index contributed by atoms with van der Waals surface area (Å²) in [4.78, 5) is 4.53. The summed E-state index contributed by atoms with van der Waals surface area (Å²) >= 11 is 4.18. The van der Waals surface area contributed by atoms with Crippen LogP contribution in [0.2, 0.25) is 0 Å². The van der Waals surface area contributed by atoms with Crippen LogP contribution in [0, 0.1) is 9.49 Å². The highest BCUT2D eigenvalue weighted by Crippen LogP contribution is 2.28. The van der Waals surface area contributed by atoms with Gasteiger partial charge in [-0.15, -0.1) is 0 Å². The van der Waals surface area contributed by atoms with Crippen molar-refractivity contribution in [3.05, 3.63) is 27.8 Å². The molecule has 1 unspecified atom stereocenters. The zero-order valence-electron chi connectivity index (χ0n) is 9.40. The predicted molar refractivity (Wildman–Crippen MR) is 81.3 cm³/mol. The highest BCUT2D eigenvalue weighted by molar-refractivity contribution is 14.1. The van der Waals surface area contributed by atoms with Crippen molar-refractivity contribution in [3.63, 3.8) is 0 Å². The largest absolute Gasteiger partial charge is 0.335 e. The first kappa shape index (κ1) is 12.2. The number of nitrogens with one attached hydrogen (secondary N) is 1. The van der Waals surface area contributed by atoms with Gasteiger partial charge in [-0.1, -0.05) is 31.7 Å². The molecule has 1 aliphatic rings. The Morgan fingerprint density at radius 3 is 2.94 bits per heavy atom. The lowest BCUT2D eigenvalue weighted by atomic mass is 10.1. The van der Waals surface area contributed by atoms with Gasteiger partial charge in [0.1, 0.15) is 0 Å². The number of benzene rings is 1. The number of amidine groups is 1. The third kappa shape index (κ3) is 3.13. The van der Waals surface area contributed by atoms with Gasteiger partial charge in [0.25, 0.3) is 0 Å². The number of aliphatic imine (C=N–C) groups is 1. The molecule has 2 nitrogen and oxygen atoms in total. The van der Waals surface area contributed by atoms with Crippen molar-refractivity contribution in [2.45, 2.75) is 19.1 Å². The summed E-state index contributed by atoms with van der Waals surface area (Å²) in [5.74, 6) is 0.684. The molecule has 4 heteroatoms. The zero-order valence-corrected chi connectivity index (χ0v) is 12.4. The van der Waals surface area contributed by atoms with E-state index in [2.05, 4.69) is 71.0 Å². The van der Waals surface area contributed by atoms with Crippen molar-refractivity contribution >= 4 is 45.2 Å². The first-order chi connectivity index (χ1) is 7.65. The monoisotopic (exact) mass is 346 g/mol. The minimum absolute atomic E-state index is 0.630. The van der Waals surface area contributed by atoms with Crippen molar-refractivity contribution < 1.29 is 0 Å². The number of thioether (sulfide) groups is 1. The summed E-state index contributed by atoms with van der Waals surface area (Å²) in [5, 5.41) is 5.06. The maximum absolute atomic E-state index is 4.53. The molecule has 0 saturated heterocycles. The molecule has 2 rings (SSSR count). The molecule has 0 aromatic heterocycles. The molecule has 0 fully saturated rings. The minimum atomic E-state index is 0.630. The average molecular weight is 346 g/mol. The van der Waals surface area contributed by atoms with E-state index in [0.29, 0.717) is 11.2 Å². The van der Waals surface area contributed by atoms with E-state index in [4.69, 9.17) is 0 Å². The number of rotatable bonds is 2. The van der Waals surface area contributed by atoms with E-state index in [1.165, 1.54) is 3.57 Å². The Labute approximate surface area is 114 Å². The van der Waals surface area contributed by atoms with Gasteiger partial charge in [0.15, 0.2) is 5.17 Å². The number of halogens is 1. The van der Waals surface area contributed by atoms with Crippen molar-refractivity contribution in [2.24, 2.45) is 10.9 Å². The molecule has 0 spiro atoms. The molecule has 1 aromatic rings. The van der Waals surface area contributed by atoms with Crippen LogP contribution in [0.15, 0.2) is 29.3 Å². The molecular weight excluding hydrogens is 331 g/mol. The fraction of sp³-hybridized carbons (Fsp3) is 0.417. The predicted octanol–water partition coefficient (Wildman–Crippen LogP) is 3.83. The minimum Gasteiger partial charge on any atom is -0.335 e. The Kier molecular flexibility index (Phi) is 4.13. The molecule has 0 amide bonds. The summed E-state index contributed by atoms with van der Waals surface area (Å²) < 4.78 is 1.24. The van der Waals surface area contributed by atoms with Gasteiger partial charge < -0.3 is 5.32 Å². The zero-order chi connectivity index (χ0) is 11.5. The van der Waals surface area contributed by atoms with Crippen molar-refractivity contribution in [1.29, 1.82) is 0 Å².